The lowest BCUT2D eigenvalue weighted by molar-refractivity contribution is 0.111. The zero-order chi connectivity index (χ0) is 18.9. The molecule has 0 aliphatic carbocycles. The number of pyridine rings is 2. The molecule has 0 aliphatic rings. The minimum Gasteiger partial charge on any atom is -0.462 e. The Morgan fingerprint density at radius 1 is 1.12 bits per heavy atom. The third-order valence-electron chi connectivity index (χ3n) is 2.18. The van der Waals surface area contributed by atoms with Gasteiger partial charge in [0.2, 0.25) is 11.4 Å². The van der Waals surface area contributed by atoms with Crippen LogP contribution < -0.4 is 10.3 Å². The summed E-state index contributed by atoms with van der Waals surface area (Å²) in [5, 5.41) is 16.2. The maximum absolute atomic E-state index is 10.4. The molecule has 0 unspecified atom stereocenters. The Kier molecular flexibility index (Phi) is 12.4. The molecule has 0 bridgehead atoms. The number of nitrogens with one attached hydrogen (secondary N) is 1. The van der Waals surface area contributed by atoms with Crippen molar-refractivity contribution in [1.29, 1.82) is 10.5 Å². The zero-order valence-corrected chi connectivity index (χ0v) is 14.5. The maximum Gasteiger partial charge on any atom is 0.247 e. The van der Waals surface area contributed by atoms with E-state index in [0.29, 0.717) is 34.9 Å². The van der Waals surface area contributed by atoms with Gasteiger partial charge in [-0.2, -0.15) is 10.5 Å². The normalized spacial score (nSPS) is 8.12. The minimum atomic E-state index is -0.194. The second kappa shape index (κ2) is 14.3. The van der Waals surface area contributed by atoms with E-state index in [1.165, 1.54) is 24.5 Å². The molecule has 25 heavy (non-hydrogen) atoms. The number of carbonyl (C=O) groups excluding carboxylic acids is 2. The van der Waals surface area contributed by atoms with Crippen molar-refractivity contribution in [2.75, 3.05) is 11.9 Å². The van der Waals surface area contributed by atoms with Gasteiger partial charge >= 0.3 is 0 Å². The Labute approximate surface area is 151 Å². The smallest absolute Gasteiger partial charge is 0.247 e. The van der Waals surface area contributed by atoms with E-state index in [9.17, 15) is 14.4 Å². The van der Waals surface area contributed by atoms with Crippen LogP contribution in [-0.4, -0.2) is 34.5 Å². The van der Waals surface area contributed by atoms with Crippen LogP contribution in [0, 0.1) is 22.7 Å². The fourth-order valence-corrected chi connectivity index (χ4v) is 1.15. The zero-order valence-electron chi connectivity index (χ0n) is 12.9. The van der Waals surface area contributed by atoms with Crippen LogP contribution in [0.5, 0.6) is 5.88 Å². The predicted molar refractivity (Wildman–Crippen MR) is 92.6 cm³/mol. The Morgan fingerprint density at radius 3 is 2.16 bits per heavy atom. The van der Waals surface area contributed by atoms with Gasteiger partial charge in [0.1, 0.15) is 6.07 Å². The van der Waals surface area contributed by atoms with E-state index in [2.05, 4.69) is 25.9 Å². The molecule has 2 heterocycles. The van der Waals surface area contributed by atoms with Gasteiger partial charge in [-0.05, 0) is 12.1 Å². The molecule has 1 N–H and O–H groups in total. The number of H-pyrrole nitrogens is 1. The van der Waals surface area contributed by atoms with Crippen LogP contribution in [0.2, 0.25) is 0 Å². The average molecular weight is 405 g/mol. The lowest BCUT2D eigenvalue weighted by Crippen LogP contribution is -2.01. The highest BCUT2D eigenvalue weighted by Crippen LogP contribution is 2.05. The van der Waals surface area contributed by atoms with Crippen molar-refractivity contribution in [2.24, 2.45) is 0 Å². The molecule has 0 saturated heterocycles. The van der Waals surface area contributed by atoms with Crippen molar-refractivity contribution in [2.45, 2.75) is 0 Å². The Hall–Kier alpha value is -3.30. The highest BCUT2D eigenvalue weighted by molar-refractivity contribution is 9.09. The molecule has 9 heteroatoms. The van der Waals surface area contributed by atoms with Crippen LogP contribution >= 0.6 is 15.9 Å². The summed E-state index contributed by atoms with van der Waals surface area (Å²) in [5.74, 6) is 0.349. The van der Waals surface area contributed by atoms with E-state index >= 15 is 0 Å². The SMILES string of the molecule is N#CCBr.N#CCOc1ccc(C=O)cn1.O=Cc1ccc(=O)[nH]c1. The van der Waals surface area contributed by atoms with Gasteiger partial charge < -0.3 is 9.72 Å². The standard InChI is InChI=1S/C8H6N2O2.C6H5NO2.C2H2BrN/c9-3-4-12-8-2-1-7(6-11)5-10-8;8-4-5-1-2-6(9)7-3-5;3-1-2-4/h1-2,5-6H,4H2;1-4H,(H,7,9);1H2. The van der Waals surface area contributed by atoms with Crippen molar-refractivity contribution < 1.29 is 14.3 Å². The molecule has 0 radical (unpaired) electrons. The molecule has 0 saturated carbocycles. The van der Waals surface area contributed by atoms with Crippen LogP contribution in [-0.2, 0) is 0 Å². The summed E-state index contributed by atoms with van der Waals surface area (Å²) in [6.45, 7) is -0.0343. The van der Waals surface area contributed by atoms with E-state index in [-0.39, 0.29) is 12.2 Å². The lowest BCUT2D eigenvalue weighted by Gasteiger charge is -1.98. The van der Waals surface area contributed by atoms with E-state index in [1.807, 2.05) is 12.1 Å². The molecule has 128 valence electrons. The molecule has 0 aliphatic heterocycles. The van der Waals surface area contributed by atoms with Crippen LogP contribution in [0.1, 0.15) is 20.7 Å². The molecule has 0 atom stereocenters. The fraction of sp³-hybridized carbons (Fsp3) is 0.125. The summed E-state index contributed by atoms with van der Waals surface area (Å²) in [4.78, 5) is 36.7. The van der Waals surface area contributed by atoms with Crippen LogP contribution in [0.4, 0.5) is 0 Å². The predicted octanol–water partition coefficient (Wildman–Crippen LogP) is 1.89. The number of rotatable bonds is 4. The van der Waals surface area contributed by atoms with Crippen LogP contribution in [0.25, 0.3) is 0 Å². The third-order valence-corrected chi connectivity index (χ3v) is 2.43. The summed E-state index contributed by atoms with van der Waals surface area (Å²) in [6, 6.07) is 9.55. The van der Waals surface area contributed by atoms with Gasteiger partial charge in [0.25, 0.3) is 0 Å². The molecule has 0 spiro atoms. The van der Waals surface area contributed by atoms with Gasteiger partial charge in [0.15, 0.2) is 19.2 Å². The van der Waals surface area contributed by atoms with E-state index in [1.54, 1.807) is 12.1 Å². The fourth-order valence-electron chi connectivity index (χ4n) is 1.15. The topological polar surface area (TPSA) is 137 Å². The van der Waals surface area contributed by atoms with Gasteiger partial charge in [-0.15, -0.1) is 0 Å². The number of aromatic amines is 1. The van der Waals surface area contributed by atoms with Crippen molar-refractivity contribution in [3.05, 3.63) is 58.1 Å². The molecule has 2 rings (SSSR count). The average Bonchev–Trinajstić information content (AvgIpc) is 2.68. The van der Waals surface area contributed by atoms with Crippen LogP contribution in [0.15, 0.2) is 41.5 Å². The molecular weight excluding hydrogens is 392 g/mol. The quantitative estimate of drug-likeness (QED) is 0.606. The lowest BCUT2D eigenvalue weighted by atomic mass is 10.3. The Morgan fingerprint density at radius 2 is 1.76 bits per heavy atom. The van der Waals surface area contributed by atoms with E-state index in [4.69, 9.17) is 15.3 Å². The molecule has 0 amide bonds. The van der Waals surface area contributed by atoms with Gasteiger partial charge in [-0.3, -0.25) is 14.4 Å². The number of halogens is 1. The second-order valence-corrected chi connectivity index (χ2v) is 4.45. The number of ether oxygens (including phenoxy) is 1. The van der Waals surface area contributed by atoms with Gasteiger partial charge in [-0.1, -0.05) is 15.9 Å². The number of nitriles is 2. The highest BCUT2D eigenvalue weighted by atomic mass is 79.9. The minimum absolute atomic E-state index is 0.0343. The molecular formula is C16H13BrN4O4. The number of hydrogen-bond donors (Lipinski definition) is 1. The summed E-state index contributed by atoms with van der Waals surface area (Å²) < 4.78 is 4.87. The molecule has 0 aromatic carbocycles. The first-order valence-corrected chi connectivity index (χ1v) is 7.71. The van der Waals surface area contributed by atoms with Crippen molar-refractivity contribution in [3.63, 3.8) is 0 Å². The largest absolute Gasteiger partial charge is 0.462 e. The van der Waals surface area contributed by atoms with Crippen molar-refractivity contribution in [1.82, 2.24) is 9.97 Å². The number of alkyl halides is 1. The summed E-state index contributed by atoms with van der Waals surface area (Å²) in [5.41, 5.74) is 0.773. The summed E-state index contributed by atoms with van der Waals surface area (Å²) >= 11 is 2.89. The van der Waals surface area contributed by atoms with E-state index in [0.717, 1.165) is 0 Å². The Balaban J connectivity index is 0.000000391. The summed E-state index contributed by atoms with van der Waals surface area (Å²) in [6.07, 6.45) is 4.13. The third kappa shape index (κ3) is 11.0. The molecule has 0 fully saturated rings. The van der Waals surface area contributed by atoms with Crippen molar-refractivity contribution >= 4 is 28.5 Å². The van der Waals surface area contributed by atoms with Gasteiger partial charge in [0, 0.05) is 35.7 Å². The molecule has 8 nitrogen and oxygen atoms in total. The van der Waals surface area contributed by atoms with Crippen molar-refractivity contribution in [3.8, 4) is 18.0 Å². The first-order valence-electron chi connectivity index (χ1n) is 6.59. The van der Waals surface area contributed by atoms with Gasteiger partial charge in [-0.25, -0.2) is 4.98 Å². The summed E-state index contributed by atoms with van der Waals surface area (Å²) in [7, 11) is 0. The highest BCUT2D eigenvalue weighted by Gasteiger charge is 1.94. The monoisotopic (exact) mass is 404 g/mol. The van der Waals surface area contributed by atoms with Gasteiger partial charge in [0.05, 0.1) is 11.4 Å². The molecule has 2 aromatic rings. The molecule has 2 aromatic heterocycles. The first kappa shape index (κ1) is 21.7. The number of carbonyl (C=O) groups is 2. The van der Waals surface area contributed by atoms with Crippen LogP contribution in [0.3, 0.4) is 0 Å². The number of hydrogen-bond acceptors (Lipinski definition) is 7. The second-order valence-electron chi connectivity index (χ2n) is 3.89. The number of nitrogens with zero attached hydrogens (tertiary/aromatic N) is 3. The maximum atomic E-state index is 10.4. The Bertz CT molecular complexity index is 771. The van der Waals surface area contributed by atoms with E-state index < -0.39 is 0 Å². The number of aldehydes is 2. The first-order chi connectivity index (χ1) is 12.1. The number of aromatic nitrogens is 2.